The first-order valence-electron chi connectivity index (χ1n) is 12.3. The molecule has 0 bridgehead atoms. The average molecular weight is 485 g/mol. The third-order valence-corrected chi connectivity index (χ3v) is 5.87. The molecule has 1 heterocycles. The molecule has 0 saturated heterocycles. The number of hydroxylamine groups is 2. The van der Waals surface area contributed by atoms with Gasteiger partial charge in [0.25, 0.3) is 0 Å². The van der Waals surface area contributed by atoms with E-state index in [1.807, 2.05) is 44.2 Å². The molecule has 2 aromatic rings. The molecule has 0 spiro atoms. The zero-order valence-electron chi connectivity index (χ0n) is 21.0. The summed E-state index contributed by atoms with van der Waals surface area (Å²) in [6.07, 6.45) is 2.47. The van der Waals surface area contributed by atoms with Gasteiger partial charge in [-0.15, -0.1) is 5.06 Å². The lowest BCUT2D eigenvalue weighted by molar-refractivity contribution is -0.117. The second kappa shape index (κ2) is 13.5. The maximum atomic E-state index is 12.7. The van der Waals surface area contributed by atoms with Gasteiger partial charge in [-0.25, -0.2) is 9.59 Å². The van der Waals surface area contributed by atoms with E-state index in [1.54, 1.807) is 7.11 Å². The molecular formula is C27H36N2O6. The number of rotatable bonds is 11. The number of hydrogen-bond donors (Lipinski definition) is 0. The topological polar surface area (TPSA) is 77.5 Å². The second-order valence-electron chi connectivity index (χ2n) is 8.49. The van der Waals surface area contributed by atoms with E-state index in [9.17, 15) is 9.59 Å². The minimum atomic E-state index is -0.905. The molecule has 8 heteroatoms. The SMILES string of the molecule is CCCCOC(=O)ON(Cc1cccc2c1CCN2Cc1cccc(OC)c1)C(=O)OCCCC. The molecule has 0 aromatic heterocycles. The second-order valence-corrected chi connectivity index (χ2v) is 8.49. The summed E-state index contributed by atoms with van der Waals surface area (Å²) in [6.45, 7) is 6.21. The molecule has 0 N–H and O–H groups in total. The van der Waals surface area contributed by atoms with Gasteiger partial charge < -0.3 is 19.1 Å². The molecule has 35 heavy (non-hydrogen) atoms. The minimum absolute atomic E-state index is 0.0873. The van der Waals surface area contributed by atoms with Crippen LogP contribution in [0.25, 0.3) is 0 Å². The molecule has 3 rings (SSSR count). The standard InChI is InChI=1S/C27H36N2O6/c1-4-6-16-33-26(30)29(35-27(31)34-17-7-5-2)20-22-11-9-13-25-24(22)14-15-28(25)19-21-10-8-12-23(18-21)32-3/h8-13,18H,4-7,14-17,19-20H2,1-3H3. The van der Waals surface area contributed by atoms with Crippen molar-refractivity contribution >= 4 is 17.9 Å². The van der Waals surface area contributed by atoms with Crippen LogP contribution in [0, 0.1) is 0 Å². The van der Waals surface area contributed by atoms with Crippen molar-refractivity contribution in [3.05, 3.63) is 59.2 Å². The Kier molecular flexibility index (Phi) is 10.1. The predicted molar refractivity (Wildman–Crippen MR) is 133 cm³/mol. The number of fused-ring (bicyclic) bond motifs is 1. The summed E-state index contributed by atoms with van der Waals surface area (Å²) in [5, 5.41) is 0.963. The molecule has 0 radical (unpaired) electrons. The summed E-state index contributed by atoms with van der Waals surface area (Å²) in [4.78, 5) is 32.5. The van der Waals surface area contributed by atoms with Crippen molar-refractivity contribution in [2.45, 2.75) is 59.0 Å². The Morgan fingerprint density at radius 2 is 1.74 bits per heavy atom. The molecule has 1 amide bonds. The number of anilines is 1. The summed E-state index contributed by atoms with van der Waals surface area (Å²) < 4.78 is 15.8. The molecule has 1 aliphatic heterocycles. The summed E-state index contributed by atoms with van der Waals surface area (Å²) >= 11 is 0. The molecule has 0 atom stereocenters. The van der Waals surface area contributed by atoms with Gasteiger partial charge in [-0.3, -0.25) is 4.84 Å². The fraction of sp³-hybridized carbons (Fsp3) is 0.481. The van der Waals surface area contributed by atoms with Gasteiger partial charge in [0.1, 0.15) is 5.75 Å². The Balaban J connectivity index is 1.73. The van der Waals surface area contributed by atoms with E-state index in [0.717, 1.165) is 78.4 Å². The lowest BCUT2D eigenvalue weighted by Gasteiger charge is -2.23. The van der Waals surface area contributed by atoms with Crippen molar-refractivity contribution in [2.75, 3.05) is 31.8 Å². The van der Waals surface area contributed by atoms with Crippen LogP contribution in [-0.4, -0.2) is 44.2 Å². The van der Waals surface area contributed by atoms with Crippen LogP contribution in [0.4, 0.5) is 15.3 Å². The number of unbranched alkanes of at least 4 members (excludes halogenated alkanes) is 2. The van der Waals surface area contributed by atoms with Gasteiger partial charge in [-0.2, -0.15) is 0 Å². The molecule has 190 valence electrons. The predicted octanol–water partition coefficient (Wildman–Crippen LogP) is 5.86. The smallest absolute Gasteiger partial charge is 0.497 e. The number of carbonyl (C=O) groups excluding carboxylic acids is 2. The van der Waals surface area contributed by atoms with E-state index < -0.39 is 12.2 Å². The Bertz CT molecular complexity index is 980. The number of nitrogens with zero attached hydrogens (tertiary/aromatic N) is 2. The Labute approximate surface area is 207 Å². The molecule has 1 aliphatic rings. The van der Waals surface area contributed by atoms with Crippen LogP contribution in [0.15, 0.2) is 42.5 Å². The molecule has 8 nitrogen and oxygen atoms in total. The number of amides is 1. The quantitative estimate of drug-likeness (QED) is 0.224. The third-order valence-electron chi connectivity index (χ3n) is 5.87. The van der Waals surface area contributed by atoms with Crippen LogP contribution in [0.2, 0.25) is 0 Å². The van der Waals surface area contributed by atoms with Crippen molar-refractivity contribution in [2.24, 2.45) is 0 Å². The number of benzene rings is 2. The van der Waals surface area contributed by atoms with Crippen LogP contribution >= 0.6 is 0 Å². The summed E-state index contributed by atoms with van der Waals surface area (Å²) in [6, 6.07) is 14.0. The van der Waals surface area contributed by atoms with Gasteiger partial charge in [-0.05, 0) is 54.2 Å². The normalized spacial score (nSPS) is 12.1. The van der Waals surface area contributed by atoms with E-state index in [1.165, 1.54) is 0 Å². The number of methoxy groups -OCH3 is 1. The molecule has 0 aliphatic carbocycles. The van der Waals surface area contributed by atoms with E-state index >= 15 is 0 Å². The van der Waals surface area contributed by atoms with Crippen molar-refractivity contribution in [3.63, 3.8) is 0 Å². The van der Waals surface area contributed by atoms with Crippen molar-refractivity contribution < 1.29 is 28.6 Å². The van der Waals surface area contributed by atoms with Crippen molar-refractivity contribution in [3.8, 4) is 5.75 Å². The lowest BCUT2D eigenvalue weighted by Crippen LogP contribution is -2.34. The first-order chi connectivity index (χ1) is 17.0. The Morgan fingerprint density at radius 1 is 1.00 bits per heavy atom. The maximum Gasteiger partial charge on any atom is 0.533 e. The Morgan fingerprint density at radius 3 is 2.49 bits per heavy atom. The highest BCUT2D eigenvalue weighted by Crippen LogP contribution is 2.33. The molecule has 0 unspecified atom stereocenters. The van der Waals surface area contributed by atoms with Crippen LogP contribution in [-0.2, 0) is 33.8 Å². The highest BCUT2D eigenvalue weighted by atomic mass is 16.8. The zero-order chi connectivity index (χ0) is 25.0. The molecular weight excluding hydrogens is 448 g/mol. The fourth-order valence-corrected chi connectivity index (χ4v) is 3.96. The first kappa shape index (κ1) is 26.2. The van der Waals surface area contributed by atoms with Gasteiger partial charge in [0.15, 0.2) is 0 Å². The molecule has 0 saturated carbocycles. The van der Waals surface area contributed by atoms with Gasteiger partial charge in [0, 0.05) is 18.8 Å². The highest BCUT2D eigenvalue weighted by molar-refractivity contribution is 5.70. The zero-order valence-corrected chi connectivity index (χ0v) is 21.0. The van der Waals surface area contributed by atoms with E-state index in [0.29, 0.717) is 0 Å². The van der Waals surface area contributed by atoms with Crippen LogP contribution in [0.5, 0.6) is 5.75 Å². The van der Waals surface area contributed by atoms with Crippen LogP contribution in [0.1, 0.15) is 56.2 Å². The number of ether oxygens (including phenoxy) is 3. The number of hydrogen-bond acceptors (Lipinski definition) is 7. The minimum Gasteiger partial charge on any atom is -0.497 e. The van der Waals surface area contributed by atoms with Crippen LogP contribution in [0.3, 0.4) is 0 Å². The summed E-state index contributed by atoms with van der Waals surface area (Å²) in [5.41, 5.74) is 4.30. The average Bonchev–Trinajstić information content (AvgIpc) is 3.27. The summed E-state index contributed by atoms with van der Waals surface area (Å²) in [7, 11) is 1.66. The first-order valence-corrected chi connectivity index (χ1v) is 12.3. The Hall–Kier alpha value is -3.42. The van der Waals surface area contributed by atoms with E-state index in [2.05, 4.69) is 17.0 Å². The maximum absolute atomic E-state index is 12.7. The third kappa shape index (κ3) is 7.53. The fourth-order valence-electron chi connectivity index (χ4n) is 3.96. The van der Waals surface area contributed by atoms with Crippen LogP contribution < -0.4 is 9.64 Å². The van der Waals surface area contributed by atoms with Gasteiger partial charge >= 0.3 is 12.2 Å². The number of carbonyl (C=O) groups is 2. The van der Waals surface area contributed by atoms with E-state index in [4.69, 9.17) is 19.0 Å². The van der Waals surface area contributed by atoms with Gasteiger partial charge in [0.05, 0.1) is 26.9 Å². The van der Waals surface area contributed by atoms with Crippen molar-refractivity contribution in [1.29, 1.82) is 0 Å². The summed E-state index contributed by atoms with van der Waals surface area (Å²) in [5.74, 6) is 0.830. The monoisotopic (exact) mass is 484 g/mol. The largest absolute Gasteiger partial charge is 0.533 e. The molecule has 2 aromatic carbocycles. The van der Waals surface area contributed by atoms with E-state index in [-0.39, 0.29) is 19.8 Å². The van der Waals surface area contributed by atoms with Crippen molar-refractivity contribution in [1.82, 2.24) is 5.06 Å². The van der Waals surface area contributed by atoms with Gasteiger partial charge in [0.2, 0.25) is 0 Å². The lowest BCUT2D eigenvalue weighted by atomic mass is 10.0. The highest BCUT2D eigenvalue weighted by Gasteiger charge is 2.27. The van der Waals surface area contributed by atoms with Gasteiger partial charge in [-0.1, -0.05) is 51.0 Å². The molecule has 0 fully saturated rings.